The number of unbranched alkanes of at least 4 members (excludes halogenated alkanes) is 3. The van der Waals surface area contributed by atoms with Crippen molar-refractivity contribution in [3.8, 4) is 5.75 Å². The van der Waals surface area contributed by atoms with Gasteiger partial charge in [0.15, 0.2) is 0 Å². The first-order chi connectivity index (χ1) is 14.0. The monoisotopic (exact) mass is 422 g/mol. The first kappa shape index (κ1) is 23.2. The van der Waals surface area contributed by atoms with Gasteiger partial charge in [-0.25, -0.2) is 4.90 Å². The van der Waals surface area contributed by atoms with Gasteiger partial charge in [0.05, 0.1) is 24.2 Å². The van der Waals surface area contributed by atoms with Crippen molar-refractivity contribution in [2.75, 3.05) is 23.9 Å². The van der Waals surface area contributed by atoms with Gasteiger partial charge in [-0.2, -0.15) is 0 Å². The highest BCUT2D eigenvalue weighted by Crippen LogP contribution is 2.31. The maximum absolute atomic E-state index is 12.7. The molecule has 8 heteroatoms. The number of nitrogens with two attached hydrogens (primary N) is 1. The number of carbonyl (C=O) groups excluding carboxylic acids is 3. The van der Waals surface area contributed by atoms with Gasteiger partial charge in [-0.3, -0.25) is 14.4 Å². The molecule has 2 atom stereocenters. The molecule has 7 nitrogen and oxygen atoms in total. The Kier molecular flexibility index (Phi) is 9.47. The number of imide groups is 1. The lowest BCUT2D eigenvalue weighted by atomic mass is 10.2. The zero-order valence-electron chi connectivity index (χ0n) is 17.1. The first-order valence-corrected chi connectivity index (χ1v) is 11.2. The molecule has 1 aliphatic rings. The number of carbonyl (C=O) groups is 3. The van der Waals surface area contributed by atoms with E-state index in [1.165, 1.54) is 29.5 Å². The number of ether oxygens (including phenoxy) is 2. The van der Waals surface area contributed by atoms with E-state index in [0.717, 1.165) is 18.6 Å². The zero-order chi connectivity index (χ0) is 21.2. The molecule has 1 aromatic rings. The Morgan fingerprint density at radius 2 is 1.93 bits per heavy atom. The van der Waals surface area contributed by atoms with Crippen LogP contribution >= 0.6 is 11.8 Å². The molecule has 0 spiro atoms. The van der Waals surface area contributed by atoms with Crippen LogP contribution in [0.3, 0.4) is 0 Å². The predicted molar refractivity (Wildman–Crippen MR) is 114 cm³/mol. The largest absolute Gasteiger partial charge is 0.494 e. The van der Waals surface area contributed by atoms with Crippen LogP contribution < -0.4 is 15.4 Å². The maximum Gasteiger partial charge on any atom is 0.323 e. The van der Waals surface area contributed by atoms with Gasteiger partial charge in [0.25, 0.3) is 0 Å². The van der Waals surface area contributed by atoms with E-state index in [9.17, 15) is 14.4 Å². The van der Waals surface area contributed by atoms with E-state index in [0.29, 0.717) is 12.3 Å². The Hall–Kier alpha value is -2.06. The topological polar surface area (TPSA) is 98.9 Å². The second kappa shape index (κ2) is 11.8. The Morgan fingerprint density at radius 1 is 1.21 bits per heavy atom. The van der Waals surface area contributed by atoms with Crippen molar-refractivity contribution in [1.29, 1.82) is 0 Å². The van der Waals surface area contributed by atoms with E-state index in [-0.39, 0.29) is 30.6 Å². The van der Waals surface area contributed by atoms with Gasteiger partial charge in [-0.1, -0.05) is 26.2 Å². The molecule has 1 aliphatic heterocycles. The van der Waals surface area contributed by atoms with Gasteiger partial charge >= 0.3 is 5.97 Å². The number of esters is 1. The second-order valence-corrected chi connectivity index (χ2v) is 8.09. The summed E-state index contributed by atoms with van der Waals surface area (Å²) in [5, 5.41) is -0.544. The fourth-order valence-corrected chi connectivity index (χ4v) is 4.04. The third-order valence-electron chi connectivity index (χ3n) is 4.53. The zero-order valence-corrected chi connectivity index (χ0v) is 17.9. The molecule has 0 aromatic heterocycles. The van der Waals surface area contributed by atoms with Crippen molar-refractivity contribution in [3.63, 3.8) is 0 Å². The van der Waals surface area contributed by atoms with Crippen LogP contribution in [-0.4, -0.2) is 48.0 Å². The molecule has 2 N–H and O–H groups in total. The van der Waals surface area contributed by atoms with Gasteiger partial charge in [0.2, 0.25) is 11.8 Å². The first-order valence-electron chi connectivity index (χ1n) is 10.1. The molecule has 0 aliphatic carbocycles. The lowest BCUT2D eigenvalue weighted by Gasteiger charge is -2.16. The van der Waals surface area contributed by atoms with Crippen molar-refractivity contribution < 1.29 is 23.9 Å². The molecule has 0 bridgehead atoms. The third-order valence-corrected chi connectivity index (χ3v) is 5.86. The van der Waals surface area contributed by atoms with Crippen LogP contribution in [0.25, 0.3) is 0 Å². The van der Waals surface area contributed by atoms with Crippen LogP contribution in [-0.2, 0) is 19.1 Å². The summed E-state index contributed by atoms with van der Waals surface area (Å²) in [5.41, 5.74) is 6.30. The standard InChI is InChI=1S/C21H30N2O5S/c1-3-5-6-7-12-28-16-10-8-15(9-11-16)23-19(24)13-18(20(23)25)29-14-17(22)21(26)27-4-2/h8-11,17-18H,3-7,12-14,22H2,1-2H3/t17-,18-/m0/s1. The molecule has 160 valence electrons. The summed E-state index contributed by atoms with van der Waals surface area (Å²) < 4.78 is 10.6. The van der Waals surface area contributed by atoms with Gasteiger partial charge in [-0.05, 0) is 37.6 Å². The minimum absolute atomic E-state index is 0.0920. The molecule has 0 saturated carbocycles. The molecule has 2 amide bonds. The van der Waals surface area contributed by atoms with Gasteiger partial charge in [0.1, 0.15) is 11.8 Å². The average molecular weight is 423 g/mol. The number of rotatable bonds is 12. The fraction of sp³-hybridized carbons (Fsp3) is 0.571. The molecule has 1 fully saturated rings. The lowest BCUT2D eigenvalue weighted by Crippen LogP contribution is -2.36. The number of thioether (sulfide) groups is 1. The number of anilines is 1. The number of amides is 2. The smallest absolute Gasteiger partial charge is 0.323 e. The van der Waals surface area contributed by atoms with Crippen molar-refractivity contribution in [2.45, 2.75) is 57.2 Å². The Labute approximate surface area is 176 Å². The van der Waals surface area contributed by atoms with Crippen molar-refractivity contribution in [2.24, 2.45) is 5.73 Å². The predicted octanol–water partition coefficient (Wildman–Crippen LogP) is 2.90. The van der Waals surface area contributed by atoms with Crippen LogP contribution in [0.15, 0.2) is 24.3 Å². The van der Waals surface area contributed by atoms with Crippen LogP contribution in [0.1, 0.15) is 46.0 Å². The molecule has 0 radical (unpaired) electrons. The fourth-order valence-electron chi connectivity index (χ4n) is 2.95. The molecular formula is C21H30N2O5S. The molecular weight excluding hydrogens is 392 g/mol. The summed E-state index contributed by atoms with van der Waals surface area (Å²) in [6.07, 6.45) is 4.62. The van der Waals surface area contributed by atoms with E-state index in [4.69, 9.17) is 15.2 Å². The highest BCUT2D eigenvalue weighted by molar-refractivity contribution is 8.00. The van der Waals surface area contributed by atoms with Crippen molar-refractivity contribution >= 4 is 35.2 Å². The second-order valence-electron chi connectivity index (χ2n) is 6.86. The van der Waals surface area contributed by atoms with E-state index in [1.807, 2.05) is 0 Å². The number of hydrogen-bond donors (Lipinski definition) is 1. The SMILES string of the molecule is CCCCCCOc1ccc(N2C(=O)C[C@H](SC[C@H](N)C(=O)OCC)C2=O)cc1. The maximum atomic E-state index is 12.7. The summed E-state index contributed by atoms with van der Waals surface area (Å²) in [7, 11) is 0. The highest BCUT2D eigenvalue weighted by Gasteiger charge is 2.40. The van der Waals surface area contributed by atoms with E-state index in [1.54, 1.807) is 31.2 Å². The van der Waals surface area contributed by atoms with E-state index in [2.05, 4.69) is 6.92 Å². The third kappa shape index (κ3) is 6.75. The summed E-state index contributed by atoms with van der Waals surface area (Å²) in [5.74, 6) is -0.106. The molecule has 1 aromatic carbocycles. The minimum Gasteiger partial charge on any atom is -0.494 e. The van der Waals surface area contributed by atoms with Gasteiger partial charge in [-0.15, -0.1) is 11.8 Å². The van der Waals surface area contributed by atoms with Crippen LogP contribution in [0.2, 0.25) is 0 Å². The van der Waals surface area contributed by atoms with E-state index < -0.39 is 17.3 Å². The number of hydrogen-bond acceptors (Lipinski definition) is 7. The lowest BCUT2D eigenvalue weighted by molar-refractivity contribution is -0.144. The summed E-state index contributed by atoms with van der Waals surface area (Å²) in [4.78, 5) is 37.8. The van der Waals surface area contributed by atoms with Crippen molar-refractivity contribution in [3.05, 3.63) is 24.3 Å². The Bertz CT molecular complexity index is 695. The highest BCUT2D eigenvalue weighted by atomic mass is 32.2. The Morgan fingerprint density at radius 3 is 2.59 bits per heavy atom. The van der Waals surface area contributed by atoms with Crippen LogP contribution in [0.4, 0.5) is 5.69 Å². The molecule has 1 saturated heterocycles. The normalized spacial score (nSPS) is 17.5. The quantitative estimate of drug-likeness (QED) is 0.314. The van der Waals surface area contributed by atoms with Crippen LogP contribution in [0, 0.1) is 0 Å². The molecule has 2 rings (SSSR count). The summed E-state index contributed by atoms with van der Waals surface area (Å²) in [6.45, 7) is 4.78. The van der Waals surface area contributed by atoms with Crippen molar-refractivity contribution in [1.82, 2.24) is 0 Å². The van der Waals surface area contributed by atoms with E-state index >= 15 is 0 Å². The molecule has 29 heavy (non-hydrogen) atoms. The summed E-state index contributed by atoms with van der Waals surface area (Å²) in [6, 6.07) is 6.16. The number of benzene rings is 1. The Balaban J connectivity index is 1.88. The number of nitrogens with zero attached hydrogens (tertiary/aromatic N) is 1. The average Bonchev–Trinajstić information content (AvgIpc) is 3.00. The molecule has 1 heterocycles. The summed E-state index contributed by atoms with van der Waals surface area (Å²) >= 11 is 1.21. The minimum atomic E-state index is -0.814. The van der Waals surface area contributed by atoms with Crippen LogP contribution in [0.5, 0.6) is 5.75 Å². The van der Waals surface area contributed by atoms with Gasteiger partial charge in [0, 0.05) is 12.2 Å². The molecule has 0 unspecified atom stereocenters. The van der Waals surface area contributed by atoms with Gasteiger partial charge < -0.3 is 15.2 Å².